The van der Waals surface area contributed by atoms with Crippen molar-refractivity contribution < 1.29 is 14.1 Å². The predicted octanol–water partition coefficient (Wildman–Crippen LogP) is 2.68. The van der Waals surface area contributed by atoms with Crippen molar-refractivity contribution in [2.24, 2.45) is 0 Å². The van der Waals surface area contributed by atoms with Gasteiger partial charge in [0.25, 0.3) is 5.91 Å². The van der Waals surface area contributed by atoms with Crippen LogP contribution in [0.5, 0.6) is 5.75 Å². The summed E-state index contributed by atoms with van der Waals surface area (Å²) in [6.45, 7) is 0.489. The molecule has 2 heterocycles. The van der Waals surface area contributed by atoms with Crippen LogP contribution in [-0.4, -0.2) is 23.7 Å². The molecule has 0 saturated carbocycles. The van der Waals surface area contributed by atoms with Gasteiger partial charge in [-0.15, -0.1) is 0 Å². The Hall–Kier alpha value is -2.30. The molecule has 0 radical (unpaired) electrons. The van der Waals surface area contributed by atoms with Gasteiger partial charge in [0.1, 0.15) is 18.1 Å². The number of amides is 1. The standard InChI is InChI=1S/C18H20N2O3/c21-18(17-14-6-2-4-8-16(14)23-20-17)19-13-10-9-12-5-1-3-7-15(12)22-11-13/h1,3,5,7,13H,2,4,6,8-11H2,(H,19,21). The van der Waals surface area contributed by atoms with Gasteiger partial charge in [-0.05, 0) is 43.7 Å². The Kier molecular flexibility index (Phi) is 3.77. The molecule has 1 aliphatic carbocycles. The highest BCUT2D eigenvalue weighted by Crippen LogP contribution is 2.25. The number of aromatic nitrogens is 1. The highest BCUT2D eigenvalue weighted by Gasteiger charge is 2.26. The van der Waals surface area contributed by atoms with Gasteiger partial charge in [-0.3, -0.25) is 4.79 Å². The highest BCUT2D eigenvalue weighted by molar-refractivity contribution is 5.94. The molecule has 120 valence electrons. The molecule has 1 aliphatic heterocycles. The zero-order valence-corrected chi connectivity index (χ0v) is 13.0. The van der Waals surface area contributed by atoms with Crippen molar-refractivity contribution in [3.8, 4) is 5.75 Å². The molecule has 1 atom stereocenters. The molecule has 5 nitrogen and oxygen atoms in total. The van der Waals surface area contributed by atoms with Crippen molar-refractivity contribution in [2.45, 2.75) is 44.6 Å². The molecule has 1 aromatic carbocycles. The van der Waals surface area contributed by atoms with E-state index in [1.165, 1.54) is 5.56 Å². The summed E-state index contributed by atoms with van der Waals surface area (Å²) in [6, 6.07) is 8.04. The van der Waals surface area contributed by atoms with E-state index in [4.69, 9.17) is 9.26 Å². The normalized spacial score (nSPS) is 19.9. The first kappa shape index (κ1) is 14.3. The average molecular weight is 312 g/mol. The fraction of sp³-hybridized carbons (Fsp3) is 0.444. The van der Waals surface area contributed by atoms with Gasteiger partial charge >= 0.3 is 0 Å². The van der Waals surface area contributed by atoms with Gasteiger partial charge in [0.2, 0.25) is 0 Å². The predicted molar refractivity (Wildman–Crippen MR) is 84.7 cm³/mol. The number of fused-ring (bicyclic) bond motifs is 2. The number of hydrogen-bond donors (Lipinski definition) is 1. The Morgan fingerprint density at radius 1 is 1.17 bits per heavy atom. The van der Waals surface area contributed by atoms with Gasteiger partial charge in [0.15, 0.2) is 5.69 Å². The number of hydrogen-bond acceptors (Lipinski definition) is 4. The number of nitrogens with one attached hydrogen (secondary N) is 1. The van der Waals surface area contributed by atoms with Crippen LogP contribution >= 0.6 is 0 Å². The fourth-order valence-corrected chi connectivity index (χ4v) is 3.39. The van der Waals surface area contributed by atoms with Gasteiger partial charge in [-0.2, -0.15) is 0 Å². The van der Waals surface area contributed by atoms with E-state index in [0.29, 0.717) is 12.3 Å². The maximum absolute atomic E-state index is 12.5. The lowest BCUT2D eigenvalue weighted by atomic mass is 9.96. The molecule has 1 N–H and O–H groups in total. The first-order valence-electron chi connectivity index (χ1n) is 8.30. The van der Waals surface area contributed by atoms with Crippen LogP contribution in [0.15, 0.2) is 28.8 Å². The van der Waals surface area contributed by atoms with Gasteiger partial charge in [0, 0.05) is 12.0 Å². The van der Waals surface area contributed by atoms with E-state index in [1.807, 2.05) is 18.2 Å². The molecule has 23 heavy (non-hydrogen) atoms. The molecular weight excluding hydrogens is 292 g/mol. The average Bonchev–Trinajstić information content (AvgIpc) is 2.92. The Bertz CT molecular complexity index is 696. The lowest BCUT2D eigenvalue weighted by Gasteiger charge is -2.16. The highest BCUT2D eigenvalue weighted by atomic mass is 16.5. The molecule has 0 bridgehead atoms. The quantitative estimate of drug-likeness (QED) is 0.926. The van der Waals surface area contributed by atoms with Crippen LogP contribution in [0.3, 0.4) is 0 Å². The summed E-state index contributed by atoms with van der Waals surface area (Å²) in [7, 11) is 0. The first-order valence-corrected chi connectivity index (χ1v) is 8.30. The molecule has 0 spiro atoms. The monoisotopic (exact) mass is 312 g/mol. The van der Waals surface area contributed by atoms with Gasteiger partial charge in [0.05, 0.1) is 6.04 Å². The van der Waals surface area contributed by atoms with Crippen LogP contribution < -0.4 is 10.1 Å². The van der Waals surface area contributed by atoms with Crippen LogP contribution in [0.25, 0.3) is 0 Å². The van der Waals surface area contributed by atoms with Crippen LogP contribution in [0.1, 0.15) is 46.6 Å². The third-order valence-electron chi connectivity index (χ3n) is 4.68. The summed E-state index contributed by atoms with van der Waals surface area (Å²) in [5.74, 6) is 1.66. The minimum atomic E-state index is -0.142. The van der Waals surface area contributed by atoms with E-state index in [-0.39, 0.29) is 11.9 Å². The number of ether oxygens (including phenoxy) is 1. The third kappa shape index (κ3) is 2.83. The second kappa shape index (κ2) is 6.07. The Balaban J connectivity index is 1.45. The molecule has 1 aromatic heterocycles. The summed E-state index contributed by atoms with van der Waals surface area (Å²) in [5.41, 5.74) is 2.65. The number of para-hydroxylation sites is 1. The Morgan fingerprint density at radius 2 is 2.04 bits per heavy atom. The largest absolute Gasteiger partial charge is 0.491 e. The maximum atomic E-state index is 12.5. The van der Waals surface area contributed by atoms with E-state index in [9.17, 15) is 4.79 Å². The lowest BCUT2D eigenvalue weighted by Crippen LogP contribution is -2.39. The van der Waals surface area contributed by atoms with Gasteiger partial charge in [-0.1, -0.05) is 23.4 Å². The third-order valence-corrected chi connectivity index (χ3v) is 4.68. The molecule has 2 aliphatic rings. The van der Waals surface area contributed by atoms with E-state index in [0.717, 1.165) is 55.6 Å². The number of carbonyl (C=O) groups is 1. The number of aryl methyl sites for hydroxylation is 2. The minimum absolute atomic E-state index is 0.00848. The summed E-state index contributed by atoms with van der Waals surface area (Å²) < 4.78 is 11.2. The van der Waals surface area contributed by atoms with Crippen molar-refractivity contribution in [2.75, 3.05) is 6.61 Å². The maximum Gasteiger partial charge on any atom is 0.274 e. The first-order chi connectivity index (χ1) is 11.3. The van der Waals surface area contributed by atoms with E-state index in [2.05, 4.69) is 16.5 Å². The molecule has 2 aromatic rings. The SMILES string of the molecule is O=C(NC1CCc2ccccc2OC1)c1noc2c1CCCC2. The summed E-state index contributed by atoms with van der Waals surface area (Å²) in [5, 5.41) is 7.06. The molecule has 1 amide bonds. The number of carbonyl (C=O) groups excluding carboxylic acids is 1. The molecule has 4 rings (SSSR count). The van der Waals surface area contributed by atoms with Crippen LogP contribution in [0.4, 0.5) is 0 Å². The van der Waals surface area contributed by atoms with E-state index < -0.39 is 0 Å². The van der Waals surface area contributed by atoms with E-state index >= 15 is 0 Å². The molecular formula is C18H20N2O3. The summed E-state index contributed by atoms with van der Waals surface area (Å²) >= 11 is 0. The van der Waals surface area contributed by atoms with Crippen LogP contribution in [0.2, 0.25) is 0 Å². The molecule has 0 fully saturated rings. The summed E-state index contributed by atoms with van der Waals surface area (Å²) in [4.78, 5) is 12.5. The topological polar surface area (TPSA) is 64.4 Å². The Morgan fingerprint density at radius 3 is 3.00 bits per heavy atom. The second-order valence-electron chi connectivity index (χ2n) is 6.27. The van der Waals surface area contributed by atoms with Crippen LogP contribution in [-0.2, 0) is 19.3 Å². The lowest BCUT2D eigenvalue weighted by molar-refractivity contribution is 0.0911. The minimum Gasteiger partial charge on any atom is -0.491 e. The van der Waals surface area contributed by atoms with Crippen molar-refractivity contribution in [1.29, 1.82) is 0 Å². The molecule has 1 unspecified atom stereocenters. The molecule has 0 saturated heterocycles. The zero-order valence-electron chi connectivity index (χ0n) is 13.0. The number of nitrogens with zero attached hydrogens (tertiary/aromatic N) is 1. The fourth-order valence-electron chi connectivity index (χ4n) is 3.39. The number of rotatable bonds is 2. The smallest absolute Gasteiger partial charge is 0.274 e. The van der Waals surface area contributed by atoms with E-state index in [1.54, 1.807) is 0 Å². The van der Waals surface area contributed by atoms with Crippen molar-refractivity contribution >= 4 is 5.91 Å². The van der Waals surface area contributed by atoms with Crippen LogP contribution in [0, 0.1) is 0 Å². The van der Waals surface area contributed by atoms with Crippen molar-refractivity contribution in [3.05, 3.63) is 46.8 Å². The number of benzene rings is 1. The van der Waals surface area contributed by atoms with Crippen molar-refractivity contribution in [1.82, 2.24) is 10.5 Å². The van der Waals surface area contributed by atoms with Crippen molar-refractivity contribution in [3.63, 3.8) is 0 Å². The molecule has 5 heteroatoms. The second-order valence-corrected chi connectivity index (χ2v) is 6.27. The summed E-state index contributed by atoms with van der Waals surface area (Å²) in [6.07, 6.45) is 5.74. The van der Waals surface area contributed by atoms with Gasteiger partial charge < -0.3 is 14.6 Å². The zero-order chi connectivity index (χ0) is 15.6. The Labute approximate surface area is 135 Å². The van der Waals surface area contributed by atoms with Gasteiger partial charge in [-0.25, -0.2) is 0 Å².